The summed E-state index contributed by atoms with van der Waals surface area (Å²) >= 11 is 0. The number of hydrogen-bond acceptors (Lipinski definition) is 4. The summed E-state index contributed by atoms with van der Waals surface area (Å²) in [5, 5.41) is 4.02. The largest absolute Gasteiger partial charge is 0.339 e. The van der Waals surface area contributed by atoms with Gasteiger partial charge in [0.05, 0.1) is 6.54 Å². The molecule has 0 bridgehead atoms. The van der Waals surface area contributed by atoms with Crippen molar-refractivity contribution in [2.24, 2.45) is 0 Å². The van der Waals surface area contributed by atoms with Gasteiger partial charge in [0.2, 0.25) is 5.89 Å². The maximum Gasteiger partial charge on any atom is 0.229 e. The highest BCUT2D eigenvalue weighted by atomic mass is 16.5. The summed E-state index contributed by atoms with van der Waals surface area (Å²) in [6.45, 7) is 2.81. The molecule has 0 radical (unpaired) electrons. The lowest BCUT2D eigenvalue weighted by molar-refractivity contribution is 0.373. The first-order chi connectivity index (χ1) is 8.36. The highest BCUT2D eigenvalue weighted by Crippen LogP contribution is 2.38. The van der Waals surface area contributed by atoms with Gasteiger partial charge in [0.15, 0.2) is 5.82 Å². The minimum Gasteiger partial charge on any atom is -0.339 e. The lowest BCUT2D eigenvalue weighted by atomic mass is 10.3. The maximum absolute atomic E-state index is 5.24. The van der Waals surface area contributed by atoms with Crippen LogP contribution in [0.25, 0.3) is 0 Å². The molecule has 0 amide bonds. The Hall–Kier alpha value is -1.65. The zero-order chi connectivity index (χ0) is 11.7. The summed E-state index contributed by atoms with van der Waals surface area (Å²) in [5.74, 6) is 3.17. The molecule has 2 aromatic rings. The van der Waals surface area contributed by atoms with Crippen molar-refractivity contribution in [3.8, 4) is 0 Å². The molecule has 0 spiro atoms. The molecule has 5 nitrogen and oxygen atoms in total. The van der Waals surface area contributed by atoms with Crippen LogP contribution in [-0.4, -0.2) is 19.7 Å². The average Bonchev–Trinajstić information content (AvgIpc) is 2.93. The Balaban J connectivity index is 1.73. The molecule has 3 rings (SSSR count). The number of aromatic nitrogens is 4. The molecule has 90 valence electrons. The molecule has 1 fully saturated rings. The van der Waals surface area contributed by atoms with E-state index in [1.54, 1.807) is 0 Å². The molecule has 0 saturated heterocycles. The van der Waals surface area contributed by atoms with Gasteiger partial charge in [-0.15, -0.1) is 0 Å². The Bertz CT molecular complexity index is 498. The normalized spacial score (nSPS) is 15.4. The average molecular weight is 232 g/mol. The fourth-order valence-electron chi connectivity index (χ4n) is 1.92. The van der Waals surface area contributed by atoms with Crippen LogP contribution in [0.5, 0.6) is 0 Å². The van der Waals surface area contributed by atoms with Gasteiger partial charge < -0.3 is 9.09 Å². The fraction of sp³-hybridized carbons (Fsp3) is 0.583. The van der Waals surface area contributed by atoms with Gasteiger partial charge in [0.25, 0.3) is 0 Å². The standard InChI is InChI=1S/C12H16N4O/c1-2-3-11-13-6-7-16(11)8-10-14-12(17-15-10)9-4-5-9/h6-7,9H,2-5,8H2,1H3. The molecule has 1 aliphatic carbocycles. The van der Waals surface area contributed by atoms with Crippen molar-refractivity contribution in [2.75, 3.05) is 0 Å². The van der Waals surface area contributed by atoms with Gasteiger partial charge in [-0.05, 0) is 19.3 Å². The molecule has 2 aromatic heterocycles. The van der Waals surface area contributed by atoms with Crippen molar-refractivity contribution >= 4 is 0 Å². The molecule has 1 saturated carbocycles. The third-order valence-corrected chi connectivity index (χ3v) is 3.00. The SMILES string of the molecule is CCCc1nccn1Cc1noc(C2CC2)n1. The van der Waals surface area contributed by atoms with Crippen LogP contribution in [0.4, 0.5) is 0 Å². The van der Waals surface area contributed by atoms with E-state index in [1.165, 1.54) is 12.8 Å². The third-order valence-electron chi connectivity index (χ3n) is 3.00. The van der Waals surface area contributed by atoms with Gasteiger partial charge >= 0.3 is 0 Å². The zero-order valence-electron chi connectivity index (χ0n) is 9.96. The summed E-state index contributed by atoms with van der Waals surface area (Å²) in [7, 11) is 0. The molecular formula is C12H16N4O. The van der Waals surface area contributed by atoms with E-state index in [9.17, 15) is 0 Å². The van der Waals surface area contributed by atoms with Gasteiger partial charge in [0, 0.05) is 24.7 Å². The van der Waals surface area contributed by atoms with Crippen LogP contribution in [0.1, 0.15) is 49.6 Å². The van der Waals surface area contributed by atoms with E-state index in [2.05, 4.69) is 26.6 Å². The van der Waals surface area contributed by atoms with Gasteiger partial charge in [-0.3, -0.25) is 0 Å². The highest BCUT2D eigenvalue weighted by molar-refractivity contribution is 5.03. The van der Waals surface area contributed by atoms with Crippen LogP contribution in [0.15, 0.2) is 16.9 Å². The number of nitrogens with zero attached hydrogens (tertiary/aromatic N) is 4. The first kappa shape index (κ1) is 10.5. The van der Waals surface area contributed by atoms with Crippen LogP contribution < -0.4 is 0 Å². The van der Waals surface area contributed by atoms with Gasteiger partial charge in [-0.2, -0.15) is 4.98 Å². The molecule has 5 heteroatoms. The lowest BCUT2D eigenvalue weighted by Gasteiger charge is -2.02. The van der Waals surface area contributed by atoms with E-state index in [1.807, 2.05) is 12.4 Å². The summed E-state index contributed by atoms with van der Waals surface area (Å²) in [6.07, 6.45) is 8.25. The Morgan fingerprint density at radius 1 is 1.47 bits per heavy atom. The second-order valence-corrected chi connectivity index (χ2v) is 4.54. The first-order valence-corrected chi connectivity index (χ1v) is 6.19. The van der Waals surface area contributed by atoms with E-state index in [-0.39, 0.29) is 0 Å². The molecule has 2 heterocycles. The second kappa shape index (κ2) is 4.31. The zero-order valence-corrected chi connectivity index (χ0v) is 9.96. The van der Waals surface area contributed by atoms with Crippen molar-refractivity contribution in [2.45, 2.75) is 45.1 Å². The maximum atomic E-state index is 5.24. The first-order valence-electron chi connectivity index (χ1n) is 6.19. The van der Waals surface area contributed by atoms with Crippen LogP contribution in [0.2, 0.25) is 0 Å². The topological polar surface area (TPSA) is 56.7 Å². The van der Waals surface area contributed by atoms with E-state index in [0.717, 1.165) is 30.4 Å². The minimum atomic E-state index is 0.522. The van der Waals surface area contributed by atoms with Crippen LogP contribution in [0.3, 0.4) is 0 Å². The fourth-order valence-corrected chi connectivity index (χ4v) is 1.92. The quantitative estimate of drug-likeness (QED) is 0.792. The lowest BCUT2D eigenvalue weighted by Crippen LogP contribution is -2.05. The predicted molar refractivity (Wildman–Crippen MR) is 61.6 cm³/mol. The van der Waals surface area contributed by atoms with Crippen LogP contribution in [-0.2, 0) is 13.0 Å². The summed E-state index contributed by atoms with van der Waals surface area (Å²) in [6, 6.07) is 0. The summed E-state index contributed by atoms with van der Waals surface area (Å²) in [4.78, 5) is 8.76. The van der Waals surface area contributed by atoms with Crippen molar-refractivity contribution in [1.82, 2.24) is 19.7 Å². The molecule has 0 unspecified atom stereocenters. The van der Waals surface area contributed by atoms with Gasteiger partial charge in [-0.1, -0.05) is 12.1 Å². The Kier molecular flexibility index (Phi) is 2.66. The molecule has 0 aliphatic heterocycles. The van der Waals surface area contributed by atoms with E-state index < -0.39 is 0 Å². The summed E-state index contributed by atoms with van der Waals surface area (Å²) in [5.41, 5.74) is 0. The monoisotopic (exact) mass is 232 g/mol. The smallest absolute Gasteiger partial charge is 0.229 e. The van der Waals surface area contributed by atoms with Gasteiger partial charge in [0.1, 0.15) is 5.82 Å². The van der Waals surface area contributed by atoms with Crippen molar-refractivity contribution in [1.29, 1.82) is 0 Å². The van der Waals surface area contributed by atoms with E-state index in [4.69, 9.17) is 4.52 Å². The highest BCUT2D eigenvalue weighted by Gasteiger charge is 2.29. The number of aryl methyl sites for hydroxylation is 1. The molecule has 0 aromatic carbocycles. The molecule has 0 N–H and O–H groups in total. The number of rotatable bonds is 5. The Labute approximate surface area is 99.9 Å². The van der Waals surface area contributed by atoms with E-state index >= 15 is 0 Å². The van der Waals surface area contributed by atoms with Crippen molar-refractivity contribution in [3.05, 3.63) is 29.9 Å². The number of hydrogen-bond donors (Lipinski definition) is 0. The molecular weight excluding hydrogens is 216 g/mol. The van der Waals surface area contributed by atoms with Crippen LogP contribution >= 0.6 is 0 Å². The molecule has 1 aliphatic rings. The second-order valence-electron chi connectivity index (χ2n) is 4.54. The number of imidazole rings is 1. The van der Waals surface area contributed by atoms with Crippen LogP contribution in [0, 0.1) is 0 Å². The molecule has 0 atom stereocenters. The summed E-state index contributed by atoms with van der Waals surface area (Å²) < 4.78 is 7.33. The van der Waals surface area contributed by atoms with Gasteiger partial charge in [-0.25, -0.2) is 4.98 Å². The van der Waals surface area contributed by atoms with E-state index in [0.29, 0.717) is 12.5 Å². The predicted octanol–water partition coefficient (Wildman–Crippen LogP) is 2.14. The third kappa shape index (κ3) is 2.23. The Morgan fingerprint density at radius 2 is 2.35 bits per heavy atom. The minimum absolute atomic E-state index is 0.522. The van der Waals surface area contributed by atoms with Crippen molar-refractivity contribution < 1.29 is 4.52 Å². The molecule has 17 heavy (non-hydrogen) atoms. The Morgan fingerprint density at radius 3 is 3.12 bits per heavy atom. The van der Waals surface area contributed by atoms with Crippen molar-refractivity contribution in [3.63, 3.8) is 0 Å².